The minimum absolute atomic E-state index is 0. The number of allylic oxidation sites excluding steroid dienone is 1. The van der Waals surface area contributed by atoms with E-state index in [1.807, 2.05) is 138 Å². The number of hydrazine groups is 1. The fraction of sp³-hybridized carbons (Fsp3) is 0.447. The highest BCUT2D eigenvalue weighted by molar-refractivity contribution is 9.10. The number of aromatic nitrogens is 6. The maximum absolute atomic E-state index is 12.2. The van der Waals surface area contributed by atoms with E-state index in [0.29, 0.717) is 48.9 Å². The van der Waals surface area contributed by atoms with Gasteiger partial charge in [-0.1, -0.05) is 109 Å². The van der Waals surface area contributed by atoms with Crippen LogP contribution in [0.3, 0.4) is 0 Å². The first-order valence-corrected chi connectivity index (χ1v) is 39.7. The molecule has 27 nitrogen and oxygen atoms in total. The molecule has 618 valence electrons. The number of ether oxygens (including phenoxy) is 1. The maximum Gasteiger partial charge on any atom is 0.373 e. The molecule has 0 spiro atoms. The molecule has 9 aromatic rings. The number of rotatable bonds is 21. The van der Waals surface area contributed by atoms with Gasteiger partial charge in [-0.2, -0.15) is 25.3 Å². The normalized spacial score (nSPS) is 19.8. The highest BCUT2D eigenvalue weighted by Gasteiger charge is 2.52. The molecule has 11 N–H and O–H groups in total. The van der Waals surface area contributed by atoms with Crippen molar-refractivity contribution in [3.63, 3.8) is 0 Å². The highest BCUT2D eigenvalue weighted by atomic mass is 79.9. The predicted octanol–water partition coefficient (Wildman–Crippen LogP) is 14.5. The smallest absolute Gasteiger partial charge is 0.373 e. The molecule has 1 unspecified atom stereocenters. The van der Waals surface area contributed by atoms with Crippen LogP contribution in [0.2, 0.25) is 0 Å². The van der Waals surface area contributed by atoms with Gasteiger partial charge in [0.25, 0.3) is 5.72 Å². The van der Waals surface area contributed by atoms with Crippen LogP contribution in [0.1, 0.15) is 175 Å². The Morgan fingerprint density at radius 2 is 1.10 bits per heavy atom. The Hall–Kier alpha value is -9.68. The van der Waals surface area contributed by atoms with E-state index in [-0.39, 0.29) is 91.7 Å². The van der Waals surface area contributed by atoms with Gasteiger partial charge in [-0.3, -0.25) is 49.4 Å². The molecule has 1 saturated heterocycles. The van der Waals surface area contributed by atoms with Gasteiger partial charge in [0.2, 0.25) is 23.6 Å². The molecule has 4 aliphatic carbocycles. The quantitative estimate of drug-likeness (QED) is 0.00877. The lowest BCUT2D eigenvalue weighted by atomic mass is 9.99. The summed E-state index contributed by atoms with van der Waals surface area (Å²) in [4.78, 5) is 101. The number of nitrogens with zero attached hydrogens (tertiary/aromatic N) is 7. The largest absolute Gasteiger partial charge is 0.463 e. The standard InChI is InChI=1S/C24H24N4O2.C18H21BrN2O.C11H12BrNO.C8H17N3O.C8H16N2O.C7H5NO.C6H11NO3.CO2.2CH4.H2O/c1-2-25-23(29)18-11-12-19(15-18)28-21(13-14-26-28)16-7-9-17(10-8-16)24-27-20-5-3-4-6-22(20)30-24;1-2-3-18(22)14-6-9-16(12-14)21-17(10-11-20-21)13-4-7-15(19)8-5-13;1-13(2)8-7-11(14)9-3-5-10(12)6-4-9;1-2-10-8(12)6-3-4-7(5-6)11-9;1-2-10-8(11)6-3-4-7(9)5-6;1-2-4-7-6(3-1)8-5-9-7;1-3-6(7-10-6)5(8)9-4-2;2-1-3;;;/h3-10,13-14,18-19H,2,11-12,15H2,1H3,(H,25,29);4-5,7-8,10-11,14,16H,2-3,6,9,12H2,1H3;3-8H,1-2H3;6-7,11H,2-5,9H2,1H3,(H,10,12);6-7H,2-5,9H2,1H3,(H,10,11);1-5H;7H,3-4H2,1-2H3;;2*1H4;1H2/b;;8-7+;;;;;;;;/t18-,19+;14-,16+;;2*6-,7+;;;;;;/m00.00....../s1. The molecule has 14 rings (SSSR count). The predicted molar refractivity (Wildman–Crippen MR) is 450 cm³/mol. The van der Waals surface area contributed by atoms with Gasteiger partial charge >= 0.3 is 12.1 Å². The number of Topliss-reactive ketones (excluding diaryl/α,β-unsaturated/α-hetero) is 1. The Balaban J connectivity index is 0.000000290. The number of hydroxylamine groups is 1. The second-order valence-electron chi connectivity index (χ2n) is 27.4. The van der Waals surface area contributed by atoms with Crippen molar-refractivity contribution >= 4 is 95.5 Å². The molecule has 5 heterocycles. The third-order valence-corrected chi connectivity index (χ3v) is 20.4. The van der Waals surface area contributed by atoms with Crippen molar-refractivity contribution in [2.24, 2.45) is 35.2 Å². The Morgan fingerprint density at radius 1 is 0.623 bits per heavy atom. The number of benzene rings is 5. The van der Waals surface area contributed by atoms with Gasteiger partial charge in [-0.15, -0.1) is 0 Å². The summed E-state index contributed by atoms with van der Waals surface area (Å²) >= 11 is 6.79. The van der Waals surface area contributed by atoms with Crippen molar-refractivity contribution < 1.29 is 62.2 Å². The number of hydrogen-bond donors (Lipinski definition) is 7. The van der Waals surface area contributed by atoms with E-state index in [1.54, 1.807) is 31.3 Å². The van der Waals surface area contributed by atoms with Crippen molar-refractivity contribution in [2.45, 2.75) is 183 Å². The summed E-state index contributed by atoms with van der Waals surface area (Å²) in [7, 11) is 3.76. The van der Waals surface area contributed by atoms with Crippen molar-refractivity contribution in [1.82, 2.24) is 61.3 Å². The monoisotopic (exact) mass is 1700 g/mol. The molecular weight excluding hydrogens is 1580 g/mol. The molecule has 1 aliphatic heterocycles. The van der Waals surface area contributed by atoms with E-state index in [4.69, 9.17) is 39.6 Å². The molecule has 9 atom stereocenters. The third kappa shape index (κ3) is 29.6. The number of hydrogen-bond acceptors (Lipinski definition) is 21. The van der Waals surface area contributed by atoms with Crippen LogP contribution in [0.4, 0.5) is 0 Å². The van der Waals surface area contributed by atoms with Crippen molar-refractivity contribution in [3.05, 3.63) is 179 Å². The van der Waals surface area contributed by atoms with Gasteiger partial charge in [-0.25, -0.2) is 14.8 Å². The number of carbonyl (C=O) groups excluding carboxylic acids is 8. The zero-order valence-electron chi connectivity index (χ0n) is 65.1. The first-order valence-electron chi connectivity index (χ1n) is 38.1. The summed E-state index contributed by atoms with van der Waals surface area (Å²) in [5, 5.41) is 17.7. The van der Waals surface area contributed by atoms with Crippen LogP contribution in [0.25, 0.3) is 56.2 Å². The van der Waals surface area contributed by atoms with Crippen molar-refractivity contribution in [1.29, 1.82) is 0 Å². The van der Waals surface area contributed by atoms with Gasteiger partial charge in [0.05, 0.1) is 30.1 Å². The molecule has 4 aromatic heterocycles. The number of para-hydroxylation sites is 4. The average Bonchev–Trinajstić information content (AvgIpc) is 1.66. The van der Waals surface area contributed by atoms with Crippen molar-refractivity contribution in [3.8, 4) is 34.0 Å². The van der Waals surface area contributed by atoms with E-state index in [1.165, 1.54) is 12.0 Å². The van der Waals surface area contributed by atoms with Crippen LogP contribution in [0.5, 0.6) is 0 Å². The Kier molecular flexibility index (Phi) is 42.9. The number of ketones is 2. The van der Waals surface area contributed by atoms with E-state index in [2.05, 4.69) is 138 Å². The summed E-state index contributed by atoms with van der Waals surface area (Å²) in [6.07, 6.45) is 22.3. The van der Waals surface area contributed by atoms with Crippen LogP contribution in [-0.4, -0.2) is 139 Å². The summed E-state index contributed by atoms with van der Waals surface area (Å²) in [5.74, 6) is 7.22. The third-order valence-electron chi connectivity index (χ3n) is 19.3. The molecule has 4 saturated carbocycles. The molecule has 3 amide bonds. The molecular formula is C85H116Br2N14O13. The minimum atomic E-state index is -0.810. The molecule has 29 heteroatoms. The lowest BCUT2D eigenvalue weighted by Crippen LogP contribution is -2.34. The SMILES string of the molecule is C.C.CCCC(=O)[C@H]1CC[C@@H](n2nccc2-c2ccc(Br)cc2)C1.CCNC(=O)[C@H]1CC[C@@H](N)C1.CCNC(=O)[C@H]1CC[C@@H](NN)C1.CCNC(=O)[C@H]1CC[C@@H](n2nccc2-c2ccc(-c3nc4ccccc4o3)cc2)C1.CCOC(=O)C1(CC)NO1.CN(C)/C=C/C(=O)c1ccc(Br)cc1.O.O=C=O.c1ccc2ocnc2c1. The van der Waals surface area contributed by atoms with E-state index in [0.717, 1.165) is 157 Å². The van der Waals surface area contributed by atoms with Crippen LogP contribution >= 0.6 is 31.9 Å². The summed E-state index contributed by atoms with van der Waals surface area (Å²) < 4.78 is 21.9. The number of amides is 3. The first kappa shape index (κ1) is 96.7. The number of oxazole rings is 2. The Bertz CT molecular complexity index is 4360. The van der Waals surface area contributed by atoms with E-state index >= 15 is 0 Å². The zero-order valence-corrected chi connectivity index (χ0v) is 68.3. The highest BCUT2D eigenvalue weighted by Crippen LogP contribution is 2.40. The fourth-order valence-electron chi connectivity index (χ4n) is 13.4. The van der Waals surface area contributed by atoms with E-state index in [9.17, 15) is 28.8 Å². The van der Waals surface area contributed by atoms with Gasteiger partial charge in [0.15, 0.2) is 23.3 Å². The number of halogens is 2. The zero-order chi connectivity index (χ0) is 80.2. The van der Waals surface area contributed by atoms with Crippen molar-refractivity contribution in [2.75, 3.05) is 40.3 Å². The topological polar surface area (TPSA) is 403 Å². The Morgan fingerprint density at radius 3 is 1.57 bits per heavy atom. The molecule has 5 aliphatic rings. The van der Waals surface area contributed by atoms with Gasteiger partial charge < -0.3 is 45.6 Å². The Labute approximate surface area is 686 Å². The van der Waals surface area contributed by atoms with Gasteiger partial charge in [0.1, 0.15) is 16.8 Å². The molecule has 114 heavy (non-hydrogen) atoms. The lowest BCUT2D eigenvalue weighted by Gasteiger charge is -2.15. The minimum Gasteiger partial charge on any atom is -0.463 e. The van der Waals surface area contributed by atoms with Gasteiger partial charge in [0, 0.05) is 127 Å². The molecule has 5 fully saturated rings. The summed E-state index contributed by atoms with van der Waals surface area (Å²) in [6, 6.07) is 44.6. The number of carbonyl (C=O) groups is 6. The van der Waals surface area contributed by atoms with Crippen LogP contribution in [0.15, 0.2) is 182 Å². The maximum atomic E-state index is 12.2. The second kappa shape index (κ2) is 50.5. The van der Waals surface area contributed by atoms with E-state index < -0.39 is 5.72 Å². The summed E-state index contributed by atoms with van der Waals surface area (Å²) in [6.45, 7) is 14.1. The second-order valence-corrected chi connectivity index (χ2v) is 29.3. The molecule has 0 radical (unpaired) electrons. The molecule has 5 aromatic carbocycles. The van der Waals surface area contributed by atoms with Crippen LogP contribution in [-0.2, 0) is 43.1 Å². The average molecular weight is 1700 g/mol. The fourth-order valence-corrected chi connectivity index (χ4v) is 13.9. The number of fused-ring (bicyclic) bond motifs is 2. The summed E-state index contributed by atoms with van der Waals surface area (Å²) in [5.41, 5.74) is 19.6. The number of nitrogens with two attached hydrogens (primary N) is 2. The van der Waals surface area contributed by atoms with Gasteiger partial charge in [-0.05, 0) is 207 Å². The van der Waals surface area contributed by atoms with Crippen LogP contribution < -0.4 is 38.4 Å². The molecule has 0 bridgehead atoms. The number of nitrogens with one attached hydrogen (secondary N) is 5. The first-order chi connectivity index (χ1) is 53.6. The van der Waals surface area contributed by atoms with Crippen LogP contribution in [0, 0.1) is 23.7 Å². The number of esters is 1. The lowest BCUT2D eigenvalue weighted by molar-refractivity contribution is -0.191.